The number of hydrogen-bond acceptors (Lipinski definition) is 26. The number of methoxy groups -OCH3 is 1. The lowest BCUT2D eigenvalue weighted by molar-refractivity contribution is -0.144. The number of Topliss-reactive ketones (excluding diaryl/α,β-unsaturated/α-hetero) is 2. The van der Waals surface area contributed by atoms with E-state index in [0.717, 1.165) is 4.90 Å². The van der Waals surface area contributed by atoms with Gasteiger partial charge < -0.3 is 116 Å². The Kier molecular flexibility index (Phi) is 42.8. The van der Waals surface area contributed by atoms with E-state index in [9.17, 15) is 68.1 Å². The van der Waals surface area contributed by atoms with Crippen LogP contribution >= 0.6 is 11.8 Å². The minimum absolute atomic E-state index is 0.0859. The van der Waals surface area contributed by atoms with E-state index < -0.39 is 200 Å². The SMILES string of the molecule is CC[C@H](C)[C@@H]1CC(=O)CNC(=O)[C@H]2CC(=O)[C@H]([C@@H](C)[C@@H](O)CO)NC(=O)[C@@H]3C[C@@H](O)CN3C(=O)[C@H](CC(N)=O)NC(=O)[C@H](CS(=O)c3[nH]c4c(CSCCCCNC(=O)CCOCCOCCOCCOCCOCCOCCOCCOCCNC(=O)CC(C)C(=O)O)c(OC)ccc4c3C2)NC(=O)CNC1=O. The quantitative estimate of drug-likeness (QED) is 0.0304. The molecular weight excluding hydrogens is 1470 g/mol. The number of primary amides is 1. The number of ether oxygens (including phenoxy) is 9. The van der Waals surface area contributed by atoms with Crippen LogP contribution in [0.3, 0.4) is 0 Å². The van der Waals surface area contributed by atoms with Crippen LogP contribution in [0.5, 0.6) is 5.75 Å². The van der Waals surface area contributed by atoms with Crippen molar-refractivity contribution in [2.45, 2.75) is 139 Å². The van der Waals surface area contributed by atoms with Gasteiger partial charge in [0.1, 0.15) is 28.9 Å². The first kappa shape index (κ1) is 92.3. The fourth-order valence-corrected chi connectivity index (χ4v) is 14.5. The van der Waals surface area contributed by atoms with Crippen molar-refractivity contribution < 1.29 is 125 Å². The summed E-state index contributed by atoms with van der Waals surface area (Å²) in [7, 11) is -0.972. The van der Waals surface area contributed by atoms with Crippen LogP contribution in [-0.4, -0.2) is 305 Å². The number of unbranched alkanes of at least 4 members (excludes halogenated alkanes) is 1. The fraction of sp³-hybridized carbons (Fsp3) is 0.718. The number of nitrogens with zero attached hydrogens (tertiary/aromatic N) is 1. The average molecular weight is 1590 g/mol. The van der Waals surface area contributed by atoms with Gasteiger partial charge in [-0.2, -0.15) is 11.8 Å². The summed E-state index contributed by atoms with van der Waals surface area (Å²) in [4.78, 5) is 167. The third kappa shape index (κ3) is 32.5. The maximum absolute atomic E-state index is 15.4. The molecule has 109 heavy (non-hydrogen) atoms. The summed E-state index contributed by atoms with van der Waals surface area (Å²) in [5, 5.41) is 59.4. The van der Waals surface area contributed by atoms with Crippen LogP contribution in [0.1, 0.15) is 96.6 Å². The fourth-order valence-electron chi connectivity index (χ4n) is 12.0. The Hall–Kier alpha value is -7.34. The van der Waals surface area contributed by atoms with Crippen molar-refractivity contribution >= 4 is 104 Å². The highest BCUT2D eigenvalue weighted by molar-refractivity contribution is 7.98. The molecule has 614 valence electrons. The Morgan fingerprint density at radius 1 is 0.716 bits per heavy atom. The Morgan fingerprint density at radius 3 is 1.88 bits per heavy atom. The molecule has 2 aromatic rings. The van der Waals surface area contributed by atoms with Crippen LogP contribution in [0.25, 0.3) is 10.9 Å². The number of hydrogen-bond donors (Lipinski definition) is 13. The monoisotopic (exact) mass is 1580 g/mol. The van der Waals surface area contributed by atoms with Crippen LogP contribution < -0.4 is 47.7 Å². The molecule has 0 aliphatic carbocycles. The first-order chi connectivity index (χ1) is 52.3. The normalized spacial score (nSPS) is 21.9. The van der Waals surface area contributed by atoms with Crippen molar-refractivity contribution in [3.8, 4) is 5.75 Å². The van der Waals surface area contributed by atoms with Gasteiger partial charge in [-0.1, -0.05) is 34.1 Å². The molecule has 4 heterocycles. The molecular formula is C71H112N10O26S2. The van der Waals surface area contributed by atoms with E-state index in [1.54, 1.807) is 26.0 Å². The Labute approximate surface area is 640 Å². The lowest BCUT2D eigenvalue weighted by atomic mass is 9.85. The van der Waals surface area contributed by atoms with Gasteiger partial charge >= 0.3 is 5.97 Å². The van der Waals surface area contributed by atoms with Crippen LogP contribution in [0.4, 0.5) is 0 Å². The van der Waals surface area contributed by atoms with Crippen LogP contribution in [0, 0.1) is 29.6 Å². The number of aliphatic hydroxyl groups excluding tert-OH is 3. The summed E-state index contributed by atoms with van der Waals surface area (Å²) >= 11 is 1.50. The predicted molar refractivity (Wildman–Crippen MR) is 394 cm³/mol. The maximum atomic E-state index is 15.4. The number of thioether (sulfide) groups is 1. The molecule has 9 amide bonds. The highest BCUT2D eigenvalue weighted by atomic mass is 32.2. The zero-order valence-corrected chi connectivity index (χ0v) is 64.5. The number of carboxylic acid groups (broad SMARTS) is 1. The summed E-state index contributed by atoms with van der Waals surface area (Å²) < 4.78 is 65.2. The molecule has 5 rings (SSSR count). The van der Waals surface area contributed by atoms with Crippen molar-refractivity contribution in [1.82, 2.24) is 47.1 Å². The summed E-state index contributed by atoms with van der Waals surface area (Å²) in [6.07, 6.45) is -4.10. The third-order valence-corrected chi connectivity index (χ3v) is 21.0. The number of rotatable bonds is 45. The van der Waals surface area contributed by atoms with E-state index in [1.807, 2.05) is 0 Å². The largest absolute Gasteiger partial charge is 0.496 e. The predicted octanol–water partition coefficient (Wildman–Crippen LogP) is -2.56. The number of carboxylic acids is 1. The number of fused-ring (bicyclic) bond motifs is 5. The van der Waals surface area contributed by atoms with Crippen LogP contribution in [-0.2, 0) is 118 Å². The number of ketones is 2. The molecule has 2 unspecified atom stereocenters. The van der Waals surface area contributed by atoms with Gasteiger partial charge in [0.15, 0.2) is 11.6 Å². The molecule has 1 saturated heterocycles. The Balaban J connectivity index is 1.15. The standard InChI is InChI=1S/C71H112N10O26S2/c1-6-43(2)50-34-47(83)37-75-65(91)46-32-51-49-9-10-58(99-5)52(41-108-30-8-7-12-73-60(88)11-14-100-16-18-102-20-22-104-24-26-106-28-29-107-27-25-105-23-21-103-19-17-101-15-13-74-61(89)31-44(3)71(96)97)64(49)80-69(51)109(98)42-54(77-62(90)38-76-66(50)92)67(93)78-53(36-59(72)87)70(95)81-39-48(84)35-55(81)68(94)79-63(56(85)33-46)45(4)57(86)40-82/h9-10,43-46,48,50,53-55,57,63,80,82,84,86H,6-8,11-42H2,1-5H3,(H2,72,87)(H,73,88)(H,74,89)(H,75,91)(H,76,92)(H,77,90)(H,78,93)(H,79,94)(H,96,97)/t43-,44?,45-,46+,48+,50-,53-,54-,55-,57-,63-,109?/m0/s1. The lowest BCUT2D eigenvalue weighted by Gasteiger charge is -2.32. The van der Waals surface area contributed by atoms with E-state index in [1.165, 1.54) is 32.7 Å². The number of nitrogens with one attached hydrogen (secondary N) is 8. The number of carbonyl (C=O) groups excluding carboxylic acids is 11. The second kappa shape index (κ2) is 50.5. The highest BCUT2D eigenvalue weighted by Crippen LogP contribution is 2.37. The molecule has 38 heteroatoms. The first-order valence-corrected chi connectivity index (χ1v) is 39.4. The molecule has 1 aromatic carbocycles. The van der Waals surface area contributed by atoms with Gasteiger partial charge in [-0.15, -0.1) is 0 Å². The van der Waals surface area contributed by atoms with Gasteiger partial charge in [0.2, 0.25) is 53.2 Å². The first-order valence-electron chi connectivity index (χ1n) is 36.9. The zero-order valence-electron chi connectivity index (χ0n) is 62.9. The highest BCUT2D eigenvalue weighted by Gasteiger charge is 2.45. The number of aromatic amines is 1. The smallest absolute Gasteiger partial charge is 0.306 e. The van der Waals surface area contributed by atoms with Crippen molar-refractivity contribution in [1.29, 1.82) is 0 Å². The van der Waals surface area contributed by atoms with Crippen LogP contribution in [0.15, 0.2) is 17.2 Å². The Morgan fingerprint density at radius 2 is 1.30 bits per heavy atom. The van der Waals surface area contributed by atoms with Gasteiger partial charge in [-0.25, -0.2) is 0 Å². The second-order valence-corrected chi connectivity index (χ2v) is 29.3. The Bertz CT molecular complexity index is 3310. The summed E-state index contributed by atoms with van der Waals surface area (Å²) in [5.74, 6) is -14.4. The van der Waals surface area contributed by atoms with E-state index in [4.69, 9.17) is 53.5 Å². The molecule has 0 spiro atoms. The molecule has 3 aliphatic rings. The molecule has 12 atom stereocenters. The van der Waals surface area contributed by atoms with Crippen molar-refractivity contribution in [3.63, 3.8) is 0 Å². The van der Waals surface area contributed by atoms with Gasteiger partial charge in [0.25, 0.3) is 0 Å². The number of benzene rings is 1. The molecule has 14 N–H and O–H groups in total. The zero-order chi connectivity index (χ0) is 79.8. The van der Waals surface area contributed by atoms with Gasteiger partial charge in [0.05, 0.1) is 185 Å². The summed E-state index contributed by atoms with van der Waals surface area (Å²) in [6.45, 7) is 9.74. The molecule has 1 aromatic heterocycles. The number of H-pyrrole nitrogens is 1. The number of amides is 9. The summed E-state index contributed by atoms with van der Waals surface area (Å²) in [5.41, 5.74) is 6.74. The summed E-state index contributed by atoms with van der Waals surface area (Å²) in [6, 6.07) is -3.69. The van der Waals surface area contributed by atoms with Crippen molar-refractivity contribution in [3.05, 3.63) is 23.3 Å². The minimum Gasteiger partial charge on any atom is -0.496 e. The topological polar surface area (TPSA) is 515 Å². The molecule has 3 aliphatic heterocycles. The molecule has 36 nitrogen and oxygen atoms in total. The van der Waals surface area contributed by atoms with E-state index >= 15 is 9.00 Å². The van der Waals surface area contributed by atoms with Crippen molar-refractivity contribution in [2.24, 2.45) is 35.3 Å². The van der Waals surface area contributed by atoms with E-state index in [2.05, 4.69) is 42.2 Å². The second-order valence-electron chi connectivity index (χ2n) is 26.8. The van der Waals surface area contributed by atoms with Crippen molar-refractivity contribution in [2.75, 3.05) is 164 Å². The number of aliphatic hydroxyl groups is 3. The van der Waals surface area contributed by atoms with Gasteiger partial charge in [-0.05, 0) is 48.6 Å². The third-order valence-electron chi connectivity index (χ3n) is 18.5. The number of carbonyl (C=O) groups is 12. The lowest BCUT2D eigenvalue weighted by Crippen LogP contribution is -2.60. The number of aromatic nitrogens is 1. The molecule has 2 bridgehead atoms. The molecule has 0 radical (unpaired) electrons. The maximum Gasteiger partial charge on any atom is 0.306 e. The molecule has 0 saturated carbocycles. The average Bonchev–Trinajstić information content (AvgIpc) is 1.62. The van der Waals surface area contributed by atoms with E-state index in [0.29, 0.717) is 140 Å². The number of aliphatic carboxylic acids is 1. The van der Waals surface area contributed by atoms with Gasteiger partial charge in [-0.3, -0.25) is 61.7 Å². The van der Waals surface area contributed by atoms with Crippen LogP contribution in [0.2, 0.25) is 0 Å². The molecule has 1 fully saturated rings. The van der Waals surface area contributed by atoms with Gasteiger partial charge in [0, 0.05) is 86.2 Å². The minimum atomic E-state index is -2.42. The number of nitrogens with two attached hydrogens (primary N) is 1. The van der Waals surface area contributed by atoms with E-state index in [-0.39, 0.29) is 67.4 Å².